The van der Waals surface area contributed by atoms with E-state index >= 15 is 0 Å². The fourth-order valence-electron chi connectivity index (χ4n) is 2.05. The second kappa shape index (κ2) is 5.19. The molecule has 0 aliphatic carbocycles. The van der Waals surface area contributed by atoms with Gasteiger partial charge < -0.3 is 9.64 Å². The van der Waals surface area contributed by atoms with Crippen molar-refractivity contribution in [2.24, 2.45) is 0 Å². The maximum atomic E-state index is 5.97. The van der Waals surface area contributed by atoms with Crippen LogP contribution in [0.4, 0.5) is 5.82 Å². The van der Waals surface area contributed by atoms with E-state index in [1.807, 2.05) is 13.8 Å². The molecule has 1 aliphatic heterocycles. The first-order valence-corrected chi connectivity index (χ1v) is 6.33. The molecule has 0 radical (unpaired) electrons. The highest BCUT2D eigenvalue weighted by Crippen LogP contribution is 2.24. The van der Waals surface area contributed by atoms with Gasteiger partial charge in [0, 0.05) is 19.7 Å². The van der Waals surface area contributed by atoms with Crippen molar-refractivity contribution in [1.29, 1.82) is 0 Å². The van der Waals surface area contributed by atoms with E-state index in [1.54, 1.807) is 0 Å². The van der Waals surface area contributed by atoms with Crippen molar-refractivity contribution in [2.45, 2.75) is 33.3 Å². The first-order valence-electron chi connectivity index (χ1n) is 5.95. The molecule has 94 valence electrons. The molecule has 0 bridgehead atoms. The van der Waals surface area contributed by atoms with Gasteiger partial charge in [-0.2, -0.15) is 0 Å². The van der Waals surface area contributed by atoms with Gasteiger partial charge in [0.05, 0.1) is 6.10 Å². The molecule has 1 fully saturated rings. The van der Waals surface area contributed by atoms with Crippen LogP contribution in [0, 0.1) is 13.8 Å². The van der Waals surface area contributed by atoms with Crippen LogP contribution in [-0.2, 0) is 4.74 Å². The highest BCUT2D eigenvalue weighted by Gasteiger charge is 2.19. The summed E-state index contributed by atoms with van der Waals surface area (Å²) in [6.07, 6.45) is 1.25. The molecule has 1 unspecified atom stereocenters. The van der Waals surface area contributed by atoms with E-state index in [1.165, 1.54) is 0 Å². The zero-order valence-corrected chi connectivity index (χ0v) is 11.3. The van der Waals surface area contributed by atoms with Gasteiger partial charge in [-0.05, 0) is 38.3 Å². The van der Waals surface area contributed by atoms with Gasteiger partial charge in [0.15, 0.2) is 11.0 Å². The first kappa shape index (κ1) is 12.6. The Bertz CT molecular complexity index is 411. The lowest BCUT2D eigenvalue weighted by atomic mass is 10.2. The van der Waals surface area contributed by atoms with Crippen LogP contribution in [0.3, 0.4) is 0 Å². The standard InChI is InChI=1S/C12H18ClN3O/c1-8-7-16(5-4-6-17-8)12-10(3)9(2)11(13)14-15-12/h8H,4-7H2,1-3H3. The van der Waals surface area contributed by atoms with Gasteiger partial charge >= 0.3 is 0 Å². The predicted octanol–water partition coefficient (Wildman–Crippen LogP) is 2.36. The molecule has 17 heavy (non-hydrogen) atoms. The third kappa shape index (κ3) is 2.69. The van der Waals surface area contributed by atoms with Gasteiger partial charge in [0.1, 0.15) is 0 Å². The smallest absolute Gasteiger partial charge is 0.155 e. The number of ether oxygens (including phenoxy) is 1. The number of halogens is 1. The van der Waals surface area contributed by atoms with Crippen LogP contribution in [0.5, 0.6) is 0 Å². The minimum Gasteiger partial charge on any atom is -0.377 e. The largest absolute Gasteiger partial charge is 0.377 e. The SMILES string of the molecule is Cc1c(Cl)nnc(N2CCCOC(C)C2)c1C. The highest BCUT2D eigenvalue weighted by atomic mass is 35.5. The van der Waals surface area contributed by atoms with E-state index in [9.17, 15) is 0 Å². The second-order valence-electron chi connectivity index (χ2n) is 4.55. The maximum Gasteiger partial charge on any atom is 0.155 e. The van der Waals surface area contributed by atoms with Crippen LogP contribution < -0.4 is 4.90 Å². The fourth-order valence-corrected chi connectivity index (χ4v) is 2.23. The average Bonchev–Trinajstić information content (AvgIpc) is 2.51. The summed E-state index contributed by atoms with van der Waals surface area (Å²) in [6.45, 7) is 8.74. The summed E-state index contributed by atoms with van der Waals surface area (Å²) < 4.78 is 5.63. The van der Waals surface area contributed by atoms with Crippen molar-refractivity contribution in [3.05, 3.63) is 16.3 Å². The zero-order valence-electron chi connectivity index (χ0n) is 10.5. The molecule has 0 spiro atoms. The van der Waals surface area contributed by atoms with Crippen molar-refractivity contribution in [3.8, 4) is 0 Å². The van der Waals surface area contributed by atoms with Crippen molar-refractivity contribution >= 4 is 17.4 Å². The van der Waals surface area contributed by atoms with E-state index in [2.05, 4.69) is 22.0 Å². The Labute approximate surface area is 107 Å². The van der Waals surface area contributed by atoms with E-state index < -0.39 is 0 Å². The van der Waals surface area contributed by atoms with Crippen LogP contribution in [-0.4, -0.2) is 36.0 Å². The minimum absolute atomic E-state index is 0.231. The molecule has 4 nitrogen and oxygen atoms in total. The van der Waals surface area contributed by atoms with Crippen molar-refractivity contribution in [3.63, 3.8) is 0 Å². The van der Waals surface area contributed by atoms with Gasteiger partial charge in [-0.25, -0.2) is 0 Å². The number of anilines is 1. The molecule has 1 atom stereocenters. The molecule has 1 aromatic rings. The van der Waals surface area contributed by atoms with E-state index in [-0.39, 0.29) is 6.10 Å². The number of rotatable bonds is 1. The first-order chi connectivity index (χ1) is 8.09. The Morgan fingerprint density at radius 2 is 2.06 bits per heavy atom. The molecule has 1 aromatic heterocycles. The van der Waals surface area contributed by atoms with Gasteiger partial charge in [0.25, 0.3) is 0 Å². The van der Waals surface area contributed by atoms with Gasteiger partial charge in [-0.3, -0.25) is 0 Å². The average molecular weight is 256 g/mol. The van der Waals surface area contributed by atoms with Crippen LogP contribution in [0.25, 0.3) is 0 Å². The van der Waals surface area contributed by atoms with Gasteiger partial charge in [-0.15, -0.1) is 10.2 Å². The Balaban J connectivity index is 2.29. The van der Waals surface area contributed by atoms with E-state index in [0.717, 1.165) is 43.1 Å². The van der Waals surface area contributed by atoms with Crippen LogP contribution in [0.2, 0.25) is 5.15 Å². The number of hydrogen-bond donors (Lipinski definition) is 0. The van der Waals surface area contributed by atoms with Crippen molar-refractivity contribution in [1.82, 2.24) is 10.2 Å². The monoisotopic (exact) mass is 255 g/mol. The van der Waals surface area contributed by atoms with E-state index in [4.69, 9.17) is 16.3 Å². The summed E-state index contributed by atoms with van der Waals surface area (Å²) in [7, 11) is 0. The zero-order chi connectivity index (χ0) is 12.4. The summed E-state index contributed by atoms with van der Waals surface area (Å²) >= 11 is 5.97. The van der Waals surface area contributed by atoms with Crippen molar-refractivity contribution in [2.75, 3.05) is 24.6 Å². The van der Waals surface area contributed by atoms with Crippen molar-refractivity contribution < 1.29 is 4.74 Å². The molecule has 0 N–H and O–H groups in total. The summed E-state index contributed by atoms with van der Waals surface area (Å²) in [5.74, 6) is 0.934. The fraction of sp³-hybridized carbons (Fsp3) is 0.667. The number of hydrogen-bond acceptors (Lipinski definition) is 4. The Hall–Kier alpha value is -0.870. The molecule has 5 heteroatoms. The molecule has 2 rings (SSSR count). The van der Waals surface area contributed by atoms with E-state index in [0.29, 0.717) is 5.15 Å². The molecule has 0 aromatic carbocycles. The molecular weight excluding hydrogens is 238 g/mol. The third-order valence-electron chi connectivity index (χ3n) is 3.19. The Kier molecular flexibility index (Phi) is 3.84. The summed E-state index contributed by atoms with van der Waals surface area (Å²) in [6, 6.07) is 0. The quantitative estimate of drug-likeness (QED) is 0.772. The third-order valence-corrected chi connectivity index (χ3v) is 3.55. The normalized spacial score (nSPS) is 21.4. The van der Waals surface area contributed by atoms with Gasteiger partial charge in [-0.1, -0.05) is 11.6 Å². The summed E-state index contributed by atoms with van der Waals surface area (Å²) in [4.78, 5) is 2.24. The molecule has 0 saturated carbocycles. The minimum atomic E-state index is 0.231. The summed E-state index contributed by atoms with van der Waals surface area (Å²) in [5, 5.41) is 8.72. The number of nitrogens with zero attached hydrogens (tertiary/aromatic N) is 3. The van der Waals surface area contributed by atoms with Crippen LogP contribution in [0.15, 0.2) is 0 Å². The molecule has 2 heterocycles. The van der Waals surface area contributed by atoms with Crippen LogP contribution >= 0.6 is 11.6 Å². The Morgan fingerprint density at radius 3 is 2.82 bits per heavy atom. The van der Waals surface area contributed by atoms with Gasteiger partial charge in [0.2, 0.25) is 0 Å². The molecule has 0 amide bonds. The lowest BCUT2D eigenvalue weighted by molar-refractivity contribution is 0.0820. The maximum absolute atomic E-state index is 5.97. The highest BCUT2D eigenvalue weighted by molar-refractivity contribution is 6.30. The predicted molar refractivity (Wildman–Crippen MR) is 68.8 cm³/mol. The lowest BCUT2D eigenvalue weighted by Crippen LogP contribution is -2.31. The molecular formula is C12H18ClN3O. The summed E-state index contributed by atoms with van der Waals surface area (Å²) in [5.41, 5.74) is 2.12. The molecule has 1 saturated heterocycles. The number of aromatic nitrogens is 2. The van der Waals surface area contributed by atoms with Crippen LogP contribution in [0.1, 0.15) is 24.5 Å². The topological polar surface area (TPSA) is 38.2 Å². The molecule has 1 aliphatic rings. The Morgan fingerprint density at radius 1 is 1.29 bits per heavy atom. The lowest BCUT2D eigenvalue weighted by Gasteiger charge is -2.24. The second-order valence-corrected chi connectivity index (χ2v) is 4.90.